The quantitative estimate of drug-likeness (QED) is 0.360. The fourth-order valence-electron chi connectivity index (χ4n) is 2.23. The first-order valence-electron chi connectivity index (χ1n) is 6.90. The smallest absolute Gasteiger partial charge is 0.0110 e. The average Bonchev–Trinajstić information content (AvgIpc) is 2.27. The van der Waals surface area contributed by atoms with Gasteiger partial charge in [0.2, 0.25) is 0 Å². The molecule has 1 rings (SSSR count). The molecule has 0 aliphatic rings. The van der Waals surface area contributed by atoms with Gasteiger partial charge in [0.25, 0.3) is 0 Å². The molecule has 0 unspecified atom stereocenters. The van der Waals surface area contributed by atoms with Gasteiger partial charge in [0.1, 0.15) is 0 Å². The predicted octanol–water partition coefficient (Wildman–Crippen LogP) is 5.44. The van der Waals surface area contributed by atoms with Crippen LogP contribution < -0.4 is 0 Å². The third kappa shape index (κ3) is 7.60. The number of aryl methyl sites for hydroxylation is 1. The van der Waals surface area contributed by atoms with Gasteiger partial charge in [0, 0.05) is 4.75 Å². The number of unbranched alkanes of at least 4 members (excludes halogenated alkanes) is 2. The average molecular weight is 262 g/mol. The number of allylic oxidation sites excluding steroid dienone is 1. The summed E-state index contributed by atoms with van der Waals surface area (Å²) in [5, 5.41) is 0. The number of rotatable bonds is 8. The summed E-state index contributed by atoms with van der Waals surface area (Å²) in [5.41, 5.74) is 2.79. The number of hydrogen-bond donors (Lipinski definition) is 1. The van der Waals surface area contributed by atoms with Crippen LogP contribution in [0.3, 0.4) is 0 Å². The van der Waals surface area contributed by atoms with E-state index in [2.05, 4.69) is 63.4 Å². The largest absolute Gasteiger partial charge is 0.173 e. The van der Waals surface area contributed by atoms with Crippen LogP contribution in [-0.2, 0) is 6.42 Å². The van der Waals surface area contributed by atoms with Crippen LogP contribution in [0.15, 0.2) is 42.5 Å². The monoisotopic (exact) mass is 262 g/mol. The molecule has 0 spiro atoms. The number of benzene rings is 1. The Bertz CT molecular complexity index is 346. The Balaban J connectivity index is 2.07. The van der Waals surface area contributed by atoms with E-state index in [0.717, 1.165) is 12.8 Å². The highest BCUT2D eigenvalue weighted by molar-refractivity contribution is 7.81. The maximum absolute atomic E-state index is 4.54. The zero-order chi connectivity index (χ0) is 13.4. The lowest BCUT2D eigenvalue weighted by atomic mass is 9.98. The van der Waals surface area contributed by atoms with Crippen LogP contribution in [0.25, 0.3) is 0 Å². The lowest BCUT2D eigenvalue weighted by Gasteiger charge is -2.18. The van der Waals surface area contributed by atoms with Gasteiger partial charge >= 0.3 is 0 Å². The van der Waals surface area contributed by atoms with E-state index in [-0.39, 0.29) is 4.75 Å². The zero-order valence-corrected chi connectivity index (χ0v) is 12.7. The van der Waals surface area contributed by atoms with Gasteiger partial charge in [-0.3, -0.25) is 0 Å². The Morgan fingerprint density at radius 2 is 1.78 bits per heavy atom. The van der Waals surface area contributed by atoms with E-state index in [9.17, 15) is 0 Å². The van der Waals surface area contributed by atoms with Crippen LogP contribution in [0.1, 0.15) is 51.5 Å². The molecule has 1 aromatic carbocycles. The lowest BCUT2D eigenvalue weighted by Crippen LogP contribution is -2.10. The molecule has 0 N–H and O–H groups in total. The summed E-state index contributed by atoms with van der Waals surface area (Å²) in [5.74, 6) is 0. The lowest BCUT2D eigenvalue weighted by molar-refractivity contribution is 0.634. The van der Waals surface area contributed by atoms with Crippen molar-refractivity contribution in [1.82, 2.24) is 0 Å². The topological polar surface area (TPSA) is 0 Å². The number of thiol groups is 1. The van der Waals surface area contributed by atoms with E-state index in [0.29, 0.717) is 0 Å². The fraction of sp³-hybridized carbons (Fsp3) is 0.529. The van der Waals surface area contributed by atoms with Crippen LogP contribution in [0.2, 0.25) is 0 Å². The molecule has 0 saturated heterocycles. The summed E-state index contributed by atoms with van der Waals surface area (Å²) in [7, 11) is 0. The highest BCUT2D eigenvalue weighted by Crippen LogP contribution is 2.24. The van der Waals surface area contributed by atoms with Gasteiger partial charge in [0.05, 0.1) is 0 Å². The molecule has 0 amide bonds. The Kier molecular flexibility index (Phi) is 6.56. The standard InChI is InChI=1S/C17H26S/c1-15(14-17(2,3)18)10-6-4-7-11-16-12-8-5-9-13-16/h5,8-9,12-13,18H,1,4,6-7,10-11,14H2,2-3H3. The minimum absolute atomic E-state index is 0.0844. The molecule has 0 aliphatic carbocycles. The van der Waals surface area contributed by atoms with Crippen LogP contribution in [-0.4, -0.2) is 4.75 Å². The van der Waals surface area contributed by atoms with E-state index in [1.807, 2.05) is 0 Å². The minimum atomic E-state index is 0.0844. The molecule has 1 heteroatoms. The van der Waals surface area contributed by atoms with E-state index < -0.39 is 0 Å². The van der Waals surface area contributed by atoms with Crippen molar-refractivity contribution in [3.05, 3.63) is 48.0 Å². The molecular formula is C17H26S. The second-order valence-corrected chi connectivity index (χ2v) is 7.00. The Labute approximate surface area is 118 Å². The summed E-state index contributed by atoms with van der Waals surface area (Å²) in [4.78, 5) is 0. The first-order chi connectivity index (χ1) is 8.47. The van der Waals surface area contributed by atoms with Crippen LogP contribution >= 0.6 is 12.6 Å². The highest BCUT2D eigenvalue weighted by Gasteiger charge is 2.12. The van der Waals surface area contributed by atoms with Gasteiger partial charge in [0.15, 0.2) is 0 Å². The first kappa shape index (κ1) is 15.4. The van der Waals surface area contributed by atoms with Gasteiger partial charge in [-0.15, -0.1) is 0 Å². The first-order valence-corrected chi connectivity index (χ1v) is 7.35. The normalized spacial score (nSPS) is 11.5. The van der Waals surface area contributed by atoms with Crippen molar-refractivity contribution in [2.75, 3.05) is 0 Å². The SMILES string of the molecule is C=C(CCCCCc1ccccc1)CC(C)(C)S. The number of hydrogen-bond acceptors (Lipinski definition) is 1. The molecule has 0 heterocycles. The molecule has 0 aromatic heterocycles. The molecule has 0 radical (unpaired) electrons. The Hall–Kier alpha value is -0.690. The molecule has 0 atom stereocenters. The van der Waals surface area contributed by atoms with E-state index in [1.165, 1.54) is 36.8 Å². The molecule has 0 fully saturated rings. The van der Waals surface area contributed by atoms with Crippen molar-refractivity contribution in [2.24, 2.45) is 0 Å². The second kappa shape index (κ2) is 7.68. The van der Waals surface area contributed by atoms with Crippen molar-refractivity contribution in [3.63, 3.8) is 0 Å². The molecule has 1 aromatic rings. The zero-order valence-electron chi connectivity index (χ0n) is 11.8. The third-order valence-corrected chi connectivity index (χ3v) is 3.18. The molecular weight excluding hydrogens is 236 g/mol. The molecule has 100 valence electrons. The second-order valence-electron chi connectivity index (χ2n) is 5.79. The Morgan fingerprint density at radius 3 is 2.39 bits per heavy atom. The van der Waals surface area contributed by atoms with Crippen molar-refractivity contribution in [1.29, 1.82) is 0 Å². The molecule has 0 aliphatic heterocycles. The van der Waals surface area contributed by atoms with Crippen molar-refractivity contribution < 1.29 is 0 Å². The molecule has 0 saturated carbocycles. The van der Waals surface area contributed by atoms with E-state index in [4.69, 9.17) is 0 Å². The van der Waals surface area contributed by atoms with Crippen molar-refractivity contribution in [2.45, 2.75) is 57.1 Å². The summed E-state index contributed by atoms with van der Waals surface area (Å²) in [6.07, 6.45) is 7.21. The summed E-state index contributed by atoms with van der Waals surface area (Å²) in [6.45, 7) is 8.45. The molecule has 0 nitrogen and oxygen atoms in total. The van der Waals surface area contributed by atoms with Crippen LogP contribution in [0, 0.1) is 0 Å². The van der Waals surface area contributed by atoms with Crippen LogP contribution in [0.5, 0.6) is 0 Å². The van der Waals surface area contributed by atoms with Crippen molar-refractivity contribution >= 4 is 12.6 Å². The molecule has 0 bridgehead atoms. The van der Waals surface area contributed by atoms with Gasteiger partial charge in [-0.2, -0.15) is 12.6 Å². The van der Waals surface area contributed by atoms with Gasteiger partial charge in [-0.05, 0) is 37.7 Å². The predicted molar refractivity (Wildman–Crippen MR) is 85.4 cm³/mol. The highest BCUT2D eigenvalue weighted by atomic mass is 32.1. The van der Waals surface area contributed by atoms with Crippen LogP contribution in [0.4, 0.5) is 0 Å². The van der Waals surface area contributed by atoms with E-state index >= 15 is 0 Å². The maximum Gasteiger partial charge on any atom is 0.0110 e. The van der Waals surface area contributed by atoms with Gasteiger partial charge < -0.3 is 0 Å². The summed E-state index contributed by atoms with van der Waals surface area (Å²) >= 11 is 4.54. The Morgan fingerprint density at radius 1 is 1.11 bits per heavy atom. The van der Waals surface area contributed by atoms with Crippen molar-refractivity contribution in [3.8, 4) is 0 Å². The summed E-state index contributed by atoms with van der Waals surface area (Å²) in [6, 6.07) is 10.7. The molecule has 18 heavy (non-hydrogen) atoms. The summed E-state index contributed by atoms with van der Waals surface area (Å²) < 4.78 is 0.0844. The van der Waals surface area contributed by atoms with Gasteiger partial charge in [-0.25, -0.2) is 0 Å². The van der Waals surface area contributed by atoms with E-state index in [1.54, 1.807) is 0 Å². The van der Waals surface area contributed by atoms with Gasteiger partial charge in [-0.1, -0.05) is 62.8 Å². The minimum Gasteiger partial charge on any atom is -0.173 e. The maximum atomic E-state index is 4.54. The third-order valence-electron chi connectivity index (χ3n) is 3.02. The fourth-order valence-corrected chi connectivity index (χ4v) is 2.45.